The van der Waals surface area contributed by atoms with Crippen molar-refractivity contribution in [2.75, 3.05) is 0 Å². The Bertz CT molecular complexity index is 745. The van der Waals surface area contributed by atoms with Gasteiger partial charge in [-0.2, -0.15) is 5.10 Å². The first-order chi connectivity index (χ1) is 11.0. The van der Waals surface area contributed by atoms with E-state index in [1.807, 2.05) is 6.07 Å². The average Bonchev–Trinajstić information content (AvgIpc) is 2.95. The lowest BCUT2D eigenvalue weighted by atomic mass is 9.95. The van der Waals surface area contributed by atoms with Gasteiger partial charge in [-0.1, -0.05) is 11.6 Å². The molecule has 0 spiro atoms. The van der Waals surface area contributed by atoms with E-state index in [4.69, 9.17) is 11.6 Å². The van der Waals surface area contributed by atoms with Crippen molar-refractivity contribution in [1.82, 2.24) is 25.4 Å². The van der Waals surface area contributed by atoms with Gasteiger partial charge in [0.1, 0.15) is 0 Å². The van der Waals surface area contributed by atoms with Crippen molar-refractivity contribution < 1.29 is 9.59 Å². The maximum atomic E-state index is 12.4. The fourth-order valence-electron chi connectivity index (χ4n) is 2.71. The maximum absolute atomic E-state index is 12.4. The molecule has 1 saturated heterocycles. The van der Waals surface area contributed by atoms with Crippen molar-refractivity contribution in [3.05, 3.63) is 47.0 Å². The first-order valence-corrected chi connectivity index (χ1v) is 7.61. The van der Waals surface area contributed by atoms with Gasteiger partial charge in [0.2, 0.25) is 5.91 Å². The summed E-state index contributed by atoms with van der Waals surface area (Å²) in [6, 6.07) is 2.84. The van der Waals surface area contributed by atoms with Crippen LogP contribution in [0.3, 0.4) is 0 Å². The summed E-state index contributed by atoms with van der Waals surface area (Å²) >= 11 is 5.87. The fraction of sp³-hybridized carbons (Fsp3) is 0.333. The van der Waals surface area contributed by atoms with Crippen molar-refractivity contribution in [3.63, 3.8) is 0 Å². The van der Waals surface area contributed by atoms with Crippen LogP contribution in [0.5, 0.6) is 0 Å². The van der Waals surface area contributed by atoms with Gasteiger partial charge in [0, 0.05) is 32.1 Å². The van der Waals surface area contributed by atoms with Crippen LogP contribution in [0.2, 0.25) is 5.02 Å². The molecule has 0 unspecified atom stereocenters. The third kappa shape index (κ3) is 3.34. The zero-order chi connectivity index (χ0) is 16.4. The summed E-state index contributed by atoms with van der Waals surface area (Å²) in [5.74, 6) is -0.306. The second kappa shape index (κ2) is 6.37. The molecule has 0 radical (unpaired) electrons. The van der Waals surface area contributed by atoms with Crippen LogP contribution < -0.4 is 10.6 Å². The van der Waals surface area contributed by atoms with E-state index in [0.717, 1.165) is 5.69 Å². The molecule has 2 aromatic heterocycles. The molecule has 0 aliphatic carbocycles. The predicted octanol–water partition coefficient (Wildman–Crippen LogP) is 1.22. The molecule has 3 heterocycles. The number of hydrogen-bond donors (Lipinski definition) is 2. The van der Waals surface area contributed by atoms with Crippen molar-refractivity contribution in [3.8, 4) is 0 Å². The van der Waals surface area contributed by atoms with Gasteiger partial charge in [0.05, 0.1) is 28.4 Å². The number of piperidine rings is 1. The summed E-state index contributed by atoms with van der Waals surface area (Å²) in [7, 11) is 1.80. The van der Waals surface area contributed by atoms with E-state index in [0.29, 0.717) is 23.4 Å². The highest BCUT2D eigenvalue weighted by Gasteiger charge is 2.32. The Labute approximate surface area is 138 Å². The molecule has 8 heteroatoms. The zero-order valence-electron chi connectivity index (χ0n) is 12.5. The third-order valence-corrected chi connectivity index (χ3v) is 4.07. The summed E-state index contributed by atoms with van der Waals surface area (Å²) in [5, 5.41) is 10.4. The van der Waals surface area contributed by atoms with Crippen molar-refractivity contribution in [2.45, 2.75) is 24.9 Å². The summed E-state index contributed by atoms with van der Waals surface area (Å²) in [4.78, 5) is 28.1. The highest BCUT2D eigenvalue weighted by atomic mass is 35.5. The van der Waals surface area contributed by atoms with E-state index >= 15 is 0 Å². The van der Waals surface area contributed by atoms with E-state index in [1.165, 1.54) is 12.4 Å². The Morgan fingerprint density at radius 3 is 3.00 bits per heavy atom. The molecule has 120 valence electrons. The molecule has 23 heavy (non-hydrogen) atoms. The molecule has 1 fully saturated rings. The van der Waals surface area contributed by atoms with Gasteiger partial charge in [-0.05, 0) is 18.6 Å². The molecule has 3 rings (SSSR count). The van der Waals surface area contributed by atoms with Crippen LogP contribution >= 0.6 is 11.6 Å². The van der Waals surface area contributed by atoms with E-state index in [2.05, 4.69) is 20.7 Å². The number of nitrogens with zero attached hydrogens (tertiary/aromatic N) is 3. The van der Waals surface area contributed by atoms with Crippen LogP contribution in [-0.4, -0.2) is 32.6 Å². The molecule has 2 atom stereocenters. The molecule has 0 aromatic carbocycles. The highest BCUT2D eigenvalue weighted by Crippen LogP contribution is 2.24. The van der Waals surface area contributed by atoms with Gasteiger partial charge in [0.15, 0.2) is 0 Å². The van der Waals surface area contributed by atoms with Gasteiger partial charge >= 0.3 is 0 Å². The summed E-state index contributed by atoms with van der Waals surface area (Å²) in [6.45, 7) is 0. The third-order valence-electron chi connectivity index (χ3n) is 3.86. The normalized spacial score (nSPS) is 20.9. The molecular formula is C15H16ClN5O2. The number of halogens is 1. The molecule has 2 N–H and O–H groups in total. The highest BCUT2D eigenvalue weighted by molar-refractivity contribution is 6.30. The molecule has 1 aliphatic rings. The Hall–Kier alpha value is -2.41. The summed E-state index contributed by atoms with van der Waals surface area (Å²) in [6.07, 6.45) is 5.52. The number of nitrogens with one attached hydrogen (secondary N) is 2. The Morgan fingerprint density at radius 1 is 1.48 bits per heavy atom. The van der Waals surface area contributed by atoms with E-state index in [1.54, 1.807) is 24.0 Å². The number of amides is 2. The maximum Gasteiger partial charge on any atom is 0.253 e. The summed E-state index contributed by atoms with van der Waals surface area (Å²) < 4.78 is 1.69. The smallest absolute Gasteiger partial charge is 0.253 e. The first-order valence-electron chi connectivity index (χ1n) is 7.23. The molecular weight excluding hydrogens is 318 g/mol. The number of carbonyl (C=O) groups excluding carboxylic acids is 2. The number of aromatic nitrogens is 3. The topological polar surface area (TPSA) is 88.9 Å². The van der Waals surface area contributed by atoms with Gasteiger partial charge in [-0.25, -0.2) is 0 Å². The Balaban J connectivity index is 1.80. The Kier molecular flexibility index (Phi) is 4.29. The van der Waals surface area contributed by atoms with Gasteiger partial charge in [-0.15, -0.1) is 0 Å². The zero-order valence-corrected chi connectivity index (χ0v) is 13.2. The molecule has 0 bridgehead atoms. The van der Waals surface area contributed by atoms with Gasteiger partial charge in [-0.3, -0.25) is 19.3 Å². The minimum atomic E-state index is -0.320. The van der Waals surface area contributed by atoms with Crippen molar-refractivity contribution in [2.24, 2.45) is 7.05 Å². The first kappa shape index (κ1) is 15.5. The van der Waals surface area contributed by atoms with Crippen LogP contribution in [0.1, 0.15) is 34.9 Å². The number of pyridine rings is 1. The fourth-order valence-corrected chi connectivity index (χ4v) is 2.89. The lowest BCUT2D eigenvalue weighted by Crippen LogP contribution is -2.50. The van der Waals surface area contributed by atoms with Gasteiger partial charge < -0.3 is 10.6 Å². The minimum Gasteiger partial charge on any atom is -0.347 e. The van der Waals surface area contributed by atoms with Gasteiger partial charge in [0.25, 0.3) is 5.91 Å². The Morgan fingerprint density at radius 2 is 2.30 bits per heavy atom. The second-order valence-corrected chi connectivity index (χ2v) is 5.87. The van der Waals surface area contributed by atoms with Crippen molar-refractivity contribution in [1.29, 1.82) is 0 Å². The van der Waals surface area contributed by atoms with Crippen molar-refractivity contribution >= 4 is 23.4 Å². The number of rotatable bonds is 3. The second-order valence-electron chi connectivity index (χ2n) is 5.44. The van der Waals surface area contributed by atoms with Crippen LogP contribution in [0.15, 0.2) is 30.7 Å². The van der Waals surface area contributed by atoms with E-state index < -0.39 is 0 Å². The van der Waals surface area contributed by atoms with Crippen LogP contribution in [-0.2, 0) is 11.8 Å². The minimum absolute atomic E-state index is 0.0360. The molecule has 2 aromatic rings. The molecule has 1 aliphatic heterocycles. The number of carbonyl (C=O) groups is 2. The lowest BCUT2D eigenvalue weighted by molar-refractivity contribution is -0.123. The largest absolute Gasteiger partial charge is 0.347 e. The summed E-state index contributed by atoms with van der Waals surface area (Å²) in [5.41, 5.74) is 1.23. The van der Waals surface area contributed by atoms with Crippen LogP contribution in [0.4, 0.5) is 0 Å². The average molecular weight is 334 g/mol. The number of aryl methyl sites for hydroxylation is 1. The molecule has 2 amide bonds. The molecule has 7 nitrogen and oxygen atoms in total. The predicted molar refractivity (Wildman–Crippen MR) is 83.8 cm³/mol. The van der Waals surface area contributed by atoms with E-state index in [9.17, 15) is 9.59 Å². The number of hydrogen-bond acceptors (Lipinski definition) is 4. The monoisotopic (exact) mass is 333 g/mol. The SMILES string of the molecule is Cn1nccc1[C@@H]1NC(=O)CC[C@H]1NC(=O)c1cncc(Cl)c1. The molecule has 0 saturated carbocycles. The quantitative estimate of drug-likeness (QED) is 0.883. The van der Waals surface area contributed by atoms with Crippen LogP contribution in [0, 0.1) is 0 Å². The van der Waals surface area contributed by atoms with Crippen LogP contribution in [0.25, 0.3) is 0 Å². The van der Waals surface area contributed by atoms with E-state index in [-0.39, 0.29) is 23.9 Å². The lowest BCUT2D eigenvalue weighted by Gasteiger charge is -2.32. The standard InChI is InChI=1S/C15H16ClN5O2/c1-21-12(4-5-18-21)14-11(2-3-13(22)20-14)19-15(23)9-6-10(16)8-17-7-9/h4-8,11,14H,2-3H2,1H3,(H,19,23)(H,20,22)/t11-,14-/m1/s1.